The highest BCUT2D eigenvalue weighted by Gasteiger charge is 2.30. The minimum absolute atomic E-state index is 0.0603. The van der Waals surface area contributed by atoms with E-state index in [1.165, 1.54) is 13.2 Å². The second-order valence-electron chi connectivity index (χ2n) is 13.1. The number of anilines is 1. The lowest BCUT2D eigenvalue weighted by Gasteiger charge is -2.34. The molecule has 15 heteroatoms. The molecule has 1 aromatic carbocycles. The molecule has 1 unspecified atom stereocenters. The second kappa shape index (κ2) is 22.9. The number of hydrogen-bond donors (Lipinski definition) is 9. The summed E-state index contributed by atoms with van der Waals surface area (Å²) in [6.45, 7) is 4.52. The van der Waals surface area contributed by atoms with Crippen molar-refractivity contribution in [3.63, 3.8) is 0 Å². The van der Waals surface area contributed by atoms with E-state index in [4.69, 9.17) is 27.2 Å². The van der Waals surface area contributed by atoms with Gasteiger partial charge in [0, 0.05) is 57.7 Å². The third-order valence-electron chi connectivity index (χ3n) is 8.89. The zero-order valence-corrected chi connectivity index (χ0v) is 29.7. The maximum atomic E-state index is 12.9. The number of hydrogen-bond acceptors (Lipinski definition) is 11. The third kappa shape index (κ3) is 15.8. The predicted molar refractivity (Wildman–Crippen MR) is 187 cm³/mol. The number of rotatable bonds is 23. The van der Waals surface area contributed by atoms with Crippen molar-refractivity contribution in [2.45, 2.75) is 108 Å². The van der Waals surface area contributed by atoms with Gasteiger partial charge in [0.15, 0.2) is 0 Å². The molecule has 1 aliphatic rings. The van der Waals surface area contributed by atoms with Crippen LogP contribution in [0.2, 0.25) is 5.02 Å². The van der Waals surface area contributed by atoms with Gasteiger partial charge in [0.25, 0.3) is 5.91 Å². The number of aliphatic hydroxyl groups excluding tert-OH is 5. The normalized spacial score (nSPS) is 17.1. The van der Waals surface area contributed by atoms with E-state index < -0.39 is 31.0 Å². The van der Waals surface area contributed by atoms with Crippen LogP contribution in [0.5, 0.6) is 5.75 Å². The number of likely N-dealkylation sites (tertiary alicyclic amines) is 1. The molecule has 1 fully saturated rings. The molecule has 0 aliphatic carbocycles. The van der Waals surface area contributed by atoms with Gasteiger partial charge in [0.1, 0.15) is 24.1 Å². The van der Waals surface area contributed by atoms with Crippen LogP contribution in [-0.2, 0) is 9.59 Å². The molecular weight excluding hydrogens is 658 g/mol. The first-order chi connectivity index (χ1) is 23.4. The molecule has 14 nitrogen and oxygen atoms in total. The van der Waals surface area contributed by atoms with Gasteiger partial charge in [-0.05, 0) is 50.5 Å². The Bertz CT molecular complexity index is 1160. The molecule has 49 heavy (non-hydrogen) atoms. The number of ether oxygens (including phenoxy) is 1. The average molecular weight is 716 g/mol. The summed E-state index contributed by atoms with van der Waals surface area (Å²) in [7, 11) is 1.49. The fourth-order valence-corrected chi connectivity index (χ4v) is 5.99. The highest BCUT2D eigenvalue weighted by Crippen LogP contribution is 2.29. The van der Waals surface area contributed by atoms with Gasteiger partial charge in [-0.3, -0.25) is 14.4 Å². The molecule has 3 amide bonds. The molecule has 1 aromatic rings. The average Bonchev–Trinajstić information content (AvgIpc) is 3.08. The van der Waals surface area contributed by atoms with Crippen molar-refractivity contribution in [1.82, 2.24) is 20.9 Å². The van der Waals surface area contributed by atoms with E-state index in [-0.39, 0.29) is 36.7 Å². The van der Waals surface area contributed by atoms with Gasteiger partial charge in [-0.25, -0.2) is 0 Å². The number of carbonyl (C=O) groups is 3. The number of nitrogens with one attached hydrogen (secondary N) is 3. The summed E-state index contributed by atoms with van der Waals surface area (Å²) in [6, 6.07) is 3.17. The van der Waals surface area contributed by atoms with Crippen LogP contribution in [0.15, 0.2) is 12.1 Å². The topological polar surface area (TPSA) is 227 Å². The SMILES string of the molecule is COc1cc(N)c(Cl)cc1C(=O)NC1CCN(CC(C)CCCC(=O)NCCCCCCCC(=O)NC[C@H](O)[C@@H](O)[C@H](O)[C@H](O)CO)CC1. The van der Waals surface area contributed by atoms with E-state index in [1.54, 1.807) is 6.07 Å². The van der Waals surface area contributed by atoms with Crippen LogP contribution in [0.1, 0.15) is 87.9 Å². The summed E-state index contributed by atoms with van der Waals surface area (Å²) >= 11 is 6.12. The molecule has 2 rings (SSSR count). The van der Waals surface area contributed by atoms with Gasteiger partial charge in [-0.2, -0.15) is 0 Å². The Labute approximate surface area is 294 Å². The fourth-order valence-electron chi connectivity index (χ4n) is 5.83. The molecule has 0 saturated carbocycles. The predicted octanol–water partition coefficient (Wildman–Crippen LogP) is 0.940. The van der Waals surface area contributed by atoms with Crippen molar-refractivity contribution in [2.24, 2.45) is 5.92 Å². The summed E-state index contributed by atoms with van der Waals surface area (Å²) in [4.78, 5) is 39.5. The quantitative estimate of drug-likeness (QED) is 0.0572. The van der Waals surface area contributed by atoms with Crippen molar-refractivity contribution in [1.29, 1.82) is 0 Å². The number of piperidine rings is 1. The number of carbonyl (C=O) groups excluding carboxylic acids is 3. The molecular formula is C34H58ClN5O9. The Kier molecular flexibility index (Phi) is 19.8. The van der Waals surface area contributed by atoms with Crippen LogP contribution in [0.25, 0.3) is 0 Å². The Morgan fingerprint density at radius 2 is 1.55 bits per heavy atom. The smallest absolute Gasteiger partial charge is 0.255 e. The first kappa shape index (κ1) is 42.4. The minimum Gasteiger partial charge on any atom is -0.496 e. The van der Waals surface area contributed by atoms with Crippen LogP contribution in [0.4, 0.5) is 5.69 Å². The lowest BCUT2D eigenvalue weighted by molar-refractivity contribution is -0.126. The first-order valence-corrected chi connectivity index (χ1v) is 17.8. The molecule has 10 N–H and O–H groups in total. The van der Waals surface area contributed by atoms with E-state index in [0.717, 1.165) is 71.0 Å². The molecule has 0 aromatic heterocycles. The molecule has 5 atom stereocenters. The van der Waals surface area contributed by atoms with Crippen LogP contribution in [-0.4, -0.2) is 125 Å². The van der Waals surface area contributed by atoms with Crippen LogP contribution < -0.4 is 26.4 Å². The van der Waals surface area contributed by atoms with Crippen molar-refractivity contribution in [3.05, 3.63) is 22.7 Å². The van der Waals surface area contributed by atoms with E-state index in [2.05, 4.69) is 27.8 Å². The Morgan fingerprint density at radius 1 is 0.939 bits per heavy atom. The maximum absolute atomic E-state index is 12.9. The number of amides is 3. The number of unbranched alkanes of at least 4 members (excludes halogenated alkanes) is 4. The number of nitrogens with two attached hydrogens (primary N) is 1. The summed E-state index contributed by atoms with van der Waals surface area (Å²) in [5, 5.41) is 56.3. The van der Waals surface area contributed by atoms with Crippen LogP contribution in [0.3, 0.4) is 0 Å². The molecule has 0 spiro atoms. The molecule has 0 bridgehead atoms. The third-order valence-corrected chi connectivity index (χ3v) is 9.22. The number of benzene rings is 1. The fraction of sp³-hybridized carbons (Fsp3) is 0.735. The molecule has 1 heterocycles. The van der Waals surface area contributed by atoms with Gasteiger partial charge in [0.05, 0.1) is 36.1 Å². The highest BCUT2D eigenvalue weighted by molar-refractivity contribution is 6.33. The summed E-state index contributed by atoms with van der Waals surface area (Å²) < 4.78 is 5.31. The van der Waals surface area contributed by atoms with Gasteiger partial charge in [-0.1, -0.05) is 37.8 Å². The minimum atomic E-state index is -1.73. The summed E-state index contributed by atoms with van der Waals surface area (Å²) in [5.41, 5.74) is 6.56. The number of nitrogen functional groups attached to an aromatic ring is 1. The van der Waals surface area contributed by atoms with E-state index in [0.29, 0.717) is 47.3 Å². The first-order valence-electron chi connectivity index (χ1n) is 17.4. The monoisotopic (exact) mass is 715 g/mol. The standard InChI is InChI=1S/C34H58ClN5O9/c1-22(20-40-15-12-23(13-16-40)39-34(48)24-17-25(35)26(36)18-29(24)49-2)9-8-11-30(44)37-14-7-5-3-4-6-10-31(45)38-19-27(42)32(46)33(47)28(43)21-41/h17-18,22-23,27-28,32-33,41-43,46-47H,3-16,19-21,36H2,1-2H3,(H,37,44)(H,38,45)(H,39,48)/t22?,27-,28+,32+,33+/m0/s1. The zero-order valence-electron chi connectivity index (χ0n) is 28.9. The van der Waals surface area contributed by atoms with Crippen LogP contribution >= 0.6 is 11.6 Å². The largest absolute Gasteiger partial charge is 0.496 e. The van der Waals surface area contributed by atoms with Crippen molar-refractivity contribution < 1.29 is 44.7 Å². The number of halogens is 1. The second-order valence-corrected chi connectivity index (χ2v) is 13.5. The van der Waals surface area contributed by atoms with E-state index in [9.17, 15) is 34.8 Å². The lowest BCUT2D eigenvalue weighted by atomic mass is 9.99. The van der Waals surface area contributed by atoms with Crippen molar-refractivity contribution in [2.75, 3.05) is 52.2 Å². The van der Waals surface area contributed by atoms with E-state index in [1.807, 2.05) is 0 Å². The zero-order chi connectivity index (χ0) is 36.3. The van der Waals surface area contributed by atoms with Crippen molar-refractivity contribution in [3.8, 4) is 5.75 Å². The van der Waals surface area contributed by atoms with Crippen LogP contribution in [0, 0.1) is 5.92 Å². The molecule has 280 valence electrons. The molecule has 1 saturated heterocycles. The van der Waals surface area contributed by atoms with Gasteiger partial charge in [-0.15, -0.1) is 0 Å². The summed E-state index contributed by atoms with van der Waals surface area (Å²) in [6.07, 6.45) is 1.96. The molecule has 1 aliphatic heterocycles. The lowest BCUT2D eigenvalue weighted by Crippen LogP contribution is -2.49. The number of nitrogens with zero attached hydrogens (tertiary/aromatic N) is 1. The van der Waals surface area contributed by atoms with Crippen molar-refractivity contribution >= 4 is 35.0 Å². The maximum Gasteiger partial charge on any atom is 0.255 e. The summed E-state index contributed by atoms with van der Waals surface area (Å²) in [5.74, 6) is 0.393. The number of methoxy groups -OCH3 is 1. The molecule has 0 radical (unpaired) electrons. The Balaban J connectivity index is 1.47. The van der Waals surface area contributed by atoms with Gasteiger partial charge < -0.3 is 56.9 Å². The highest BCUT2D eigenvalue weighted by atomic mass is 35.5. The number of aliphatic hydroxyl groups is 5. The van der Waals surface area contributed by atoms with E-state index >= 15 is 0 Å². The Morgan fingerprint density at radius 3 is 2.22 bits per heavy atom. The van der Waals surface area contributed by atoms with Gasteiger partial charge in [0.2, 0.25) is 11.8 Å². The van der Waals surface area contributed by atoms with Gasteiger partial charge >= 0.3 is 0 Å². The Hall–Kier alpha value is -2.72.